The van der Waals surface area contributed by atoms with E-state index in [4.69, 9.17) is 0 Å². The molecule has 0 fully saturated rings. The van der Waals surface area contributed by atoms with E-state index in [1.807, 2.05) is 0 Å². The largest absolute Gasteiger partial charge is 0.405 e. The molecule has 0 unspecified atom stereocenters. The van der Waals surface area contributed by atoms with Crippen LogP contribution in [0.5, 0.6) is 0 Å². The molecule has 0 saturated carbocycles. The Labute approximate surface area is 110 Å². The smallest absolute Gasteiger partial charge is 0.360 e. The van der Waals surface area contributed by atoms with Crippen molar-refractivity contribution in [3.63, 3.8) is 0 Å². The van der Waals surface area contributed by atoms with Crippen LogP contribution in [0.4, 0.5) is 23.2 Å². The van der Waals surface area contributed by atoms with Gasteiger partial charge in [-0.1, -0.05) is 13.0 Å². The van der Waals surface area contributed by atoms with Gasteiger partial charge in [0.2, 0.25) is 0 Å². The lowest BCUT2D eigenvalue weighted by molar-refractivity contribution is -0.119. The van der Waals surface area contributed by atoms with Gasteiger partial charge in [-0.2, -0.15) is 13.2 Å². The van der Waals surface area contributed by atoms with Gasteiger partial charge in [0.05, 0.1) is 5.69 Å². The Bertz CT molecular complexity index is 404. The van der Waals surface area contributed by atoms with Crippen molar-refractivity contribution in [1.29, 1.82) is 0 Å². The molecule has 0 aliphatic rings. The SMILES string of the molecule is CCCN(CC(F)(F)F)c1ccc(CNC)cc1F. The fourth-order valence-electron chi connectivity index (χ4n) is 1.89. The van der Waals surface area contributed by atoms with E-state index in [1.54, 1.807) is 20.0 Å². The fourth-order valence-corrected chi connectivity index (χ4v) is 1.89. The minimum absolute atomic E-state index is 0.000900. The number of anilines is 1. The van der Waals surface area contributed by atoms with Crippen LogP contribution in [0.1, 0.15) is 18.9 Å². The molecule has 1 rings (SSSR count). The predicted octanol–water partition coefficient (Wildman–Crippen LogP) is 3.32. The molecule has 2 nitrogen and oxygen atoms in total. The average molecular weight is 278 g/mol. The average Bonchev–Trinajstić information content (AvgIpc) is 2.27. The second-order valence-corrected chi connectivity index (χ2v) is 4.35. The van der Waals surface area contributed by atoms with Crippen molar-refractivity contribution >= 4 is 5.69 Å². The van der Waals surface area contributed by atoms with Crippen LogP contribution < -0.4 is 10.2 Å². The van der Waals surface area contributed by atoms with Crippen LogP contribution in [0.3, 0.4) is 0 Å². The molecule has 0 aliphatic carbocycles. The molecule has 0 atom stereocenters. The van der Waals surface area contributed by atoms with Gasteiger partial charge in [-0.25, -0.2) is 4.39 Å². The molecule has 0 radical (unpaired) electrons. The molecule has 6 heteroatoms. The summed E-state index contributed by atoms with van der Waals surface area (Å²) in [6.07, 6.45) is -3.82. The van der Waals surface area contributed by atoms with Gasteiger partial charge >= 0.3 is 6.18 Å². The molecule has 1 N–H and O–H groups in total. The molecule has 1 aromatic carbocycles. The lowest BCUT2D eigenvalue weighted by Gasteiger charge is -2.26. The van der Waals surface area contributed by atoms with Crippen molar-refractivity contribution in [3.8, 4) is 0 Å². The van der Waals surface area contributed by atoms with Crippen molar-refractivity contribution in [2.24, 2.45) is 0 Å². The number of nitrogens with one attached hydrogen (secondary N) is 1. The number of hydrogen-bond acceptors (Lipinski definition) is 2. The lowest BCUT2D eigenvalue weighted by Crippen LogP contribution is -2.35. The summed E-state index contributed by atoms with van der Waals surface area (Å²) in [5.74, 6) is -0.620. The van der Waals surface area contributed by atoms with Crippen molar-refractivity contribution in [3.05, 3.63) is 29.6 Å². The zero-order valence-electron chi connectivity index (χ0n) is 11.0. The van der Waals surface area contributed by atoms with Gasteiger partial charge in [0.25, 0.3) is 0 Å². The third kappa shape index (κ3) is 5.06. The van der Waals surface area contributed by atoms with Crippen LogP contribution in [0.25, 0.3) is 0 Å². The quantitative estimate of drug-likeness (QED) is 0.803. The van der Waals surface area contributed by atoms with Gasteiger partial charge in [-0.15, -0.1) is 0 Å². The topological polar surface area (TPSA) is 15.3 Å². The molecule has 0 amide bonds. The molecule has 19 heavy (non-hydrogen) atoms. The van der Waals surface area contributed by atoms with Crippen molar-refractivity contribution in [2.45, 2.75) is 26.1 Å². The molecule has 0 aromatic heterocycles. The Hall–Kier alpha value is -1.30. The summed E-state index contributed by atoms with van der Waals surface area (Å²) in [6.45, 7) is 1.27. The van der Waals surface area contributed by atoms with E-state index in [0.29, 0.717) is 18.5 Å². The summed E-state index contributed by atoms with van der Waals surface area (Å²) in [5.41, 5.74) is 0.700. The highest BCUT2D eigenvalue weighted by molar-refractivity contribution is 5.49. The van der Waals surface area contributed by atoms with Gasteiger partial charge in [0.1, 0.15) is 12.4 Å². The first-order chi connectivity index (χ1) is 8.87. The van der Waals surface area contributed by atoms with Gasteiger partial charge in [-0.05, 0) is 31.2 Å². The van der Waals surface area contributed by atoms with E-state index < -0.39 is 18.5 Å². The van der Waals surface area contributed by atoms with Gasteiger partial charge in [0, 0.05) is 13.1 Å². The Morgan fingerprint density at radius 3 is 2.42 bits per heavy atom. The Balaban J connectivity index is 2.95. The summed E-state index contributed by atoms with van der Waals surface area (Å²) >= 11 is 0. The molecular formula is C13H18F4N2. The second-order valence-electron chi connectivity index (χ2n) is 4.35. The molecule has 0 saturated heterocycles. The Morgan fingerprint density at radius 2 is 1.95 bits per heavy atom. The molecular weight excluding hydrogens is 260 g/mol. The fraction of sp³-hybridized carbons (Fsp3) is 0.538. The van der Waals surface area contributed by atoms with Crippen LogP contribution in [-0.4, -0.2) is 26.3 Å². The number of halogens is 4. The number of alkyl halides is 3. The van der Waals surface area contributed by atoms with Gasteiger partial charge in [0.15, 0.2) is 0 Å². The van der Waals surface area contributed by atoms with E-state index >= 15 is 0 Å². The van der Waals surface area contributed by atoms with Crippen LogP contribution in [0, 0.1) is 5.82 Å². The third-order valence-electron chi connectivity index (χ3n) is 2.60. The molecule has 108 valence electrons. The van der Waals surface area contributed by atoms with E-state index in [9.17, 15) is 17.6 Å². The van der Waals surface area contributed by atoms with Crippen molar-refractivity contribution in [1.82, 2.24) is 5.32 Å². The number of nitrogens with zero attached hydrogens (tertiary/aromatic N) is 1. The van der Waals surface area contributed by atoms with Crippen molar-refractivity contribution < 1.29 is 17.6 Å². The normalized spacial score (nSPS) is 11.7. The first-order valence-electron chi connectivity index (χ1n) is 6.12. The molecule has 1 aromatic rings. The maximum absolute atomic E-state index is 13.9. The Kier molecular flexibility index (Phi) is 5.60. The molecule has 0 spiro atoms. The summed E-state index contributed by atoms with van der Waals surface area (Å²) in [7, 11) is 1.72. The van der Waals surface area contributed by atoms with Crippen LogP contribution >= 0.6 is 0 Å². The van der Waals surface area contributed by atoms with E-state index in [1.165, 1.54) is 12.1 Å². The highest BCUT2D eigenvalue weighted by atomic mass is 19.4. The first kappa shape index (κ1) is 15.8. The third-order valence-corrected chi connectivity index (χ3v) is 2.60. The second kappa shape index (κ2) is 6.75. The number of benzene rings is 1. The van der Waals surface area contributed by atoms with E-state index in [0.717, 1.165) is 4.90 Å². The van der Waals surface area contributed by atoms with Crippen LogP contribution in [0.2, 0.25) is 0 Å². The minimum atomic E-state index is -4.34. The minimum Gasteiger partial charge on any atom is -0.360 e. The van der Waals surface area contributed by atoms with Crippen molar-refractivity contribution in [2.75, 3.05) is 25.0 Å². The maximum atomic E-state index is 13.9. The van der Waals surface area contributed by atoms with Gasteiger partial charge < -0.3 is 10.2 Å². The zero-order valence-corrected chi connectivity index (χ0v) is 11.0. The monoisotopic (exact) mass is 278 g/mol. The standard InChI is InChI=1S/C13H18F4N2/c1-3-6-19(9-13(15,16)17)12-5-4-10(8-18-2)7-11(12)14/h4-5,7,18H,3,6,8-9H2,1-2H3. The molecule has 0 aliphatic heterocycles. The van der Waals surface area contributed by atoms with Gasteiger partial charge in [-0.3, -0.25) is 0 Å². The first-order valence-corrected chi connectivity index (χ1v) is 6.12. The summed E-state index contributed by atoms with van der Waals surface area (Å²) in [6, 6.07) is 4.31. The lowest BCUT2D eigenvalue weighted by atomic mass is 10.1. The molecule has 0 bridgehead atoms. The maximum Gasteiger partial charge on any atom is 0.405 e. The summed E-state index contributed by atoms with van der Waals surface area (Å²) in [5, 5.41) is 2.86. The summed E-state index contributed by atoms with van der Waals surface area (Å²) < 4.78 is 51.3. The highest BCUT2D eigenvalue weighted by Crippen LogP contribution is 2.25. The van der Waals surface area contributed by atoms with Crippen LogP contribution in [-0.2, 0) is 6.54 Å². The summed E-state index contributed by atoms with van der Waals surface area (Å²) in [4.78, 5) is 1.03. The zero-order chi connectivity index (χ0) is 14.5. The van der Waals surface area contributed by atoms with E-state index in [-0.39, 0.29) is 12.2 Å². The van der Waals surface area contributed by atoms with Crippen LogP contribution in [0.15, 0.2) is 18.2 Å². The predicted molar refractivity (Wildman–Crippen MR) is 67.7 cm³/mol. The highest BCUT2D eigenvalue weighted by Gasteiger charge is 2.31. The molecule has 0 heterocycles. The van der Waals surface area contributed by atoms with E-state index in [2.05, 4.69) is 5.32 Å². The Morgan fingerprint density at radius 1 is 1.26 bits per heavy atom. The number of hydrogen-bond donors (Lipinski definition) is 1. The number of rotatable bonds is 6.